The number of nitro benzene ring substituents is 1. The Balaban J connectivity index is 1.51. The van der Waals surface area contributed by atoms with Crippen LogP contribution in [0.25, 0.3) is 0 Å². The minimum Gasteiger partial charge on any atom is -0.455 e. The number of pyridine rings is 1. The zero-order valence-electron chi connectivity index (χ0n) is 16.9. The third kappa shape index (κ3) is 4.45. The summed E-state index contributed by atoms with van der Waals surface area (Å²) in [5.41, 5.74) is 6.92. The van der Waals surface area contributed by atoms with Crippen molar-refractivity contribution in [2.75, 3.05) is 5.43 Å². The maximum absolute atomic E-state index is 12.7. The molecule has 158 valence electrons. The molecule has 1 aliphatic rings. The number of furan rings is 1. The van der Waals surface area contributed by atoms with Crippen LogP contribution >= 0.6 is 0 Å². The molecule has 2 N–H and O–H groups in total. The summed E-state index contributed by atoms with van der Waals surface area (Å²) in [6.07, 6.45) is 5.72. The number of hydrogen-bond acceptors (Lipinski definition) is 7. The number of benzene rings is 1. The number of amides is 1. The van der Waals surface area contributed by atoms with Gasteiger partial charge in [0.15, 0.2) is 5.76 Å². The summed E-state index contributed by atoms with van der Waals surface area (Å²) in [5, 5.41) is 18.2. The van der Waals surface area contributed by atoms with Crippen LogP contribution in [0, 0.1) is 17.0 Å². The maximum atomic E-state index is 12.7. The second-order valence-electron chi connectivity index (χ2n) is 7.23. The number of aromatic nitrogens is 1. The van der Waals surface area contributed by atoms with Gasteiger partial charge in [-0.15, -0.1) is 0 Å². The third-order valence-corrected chi connectivity index (χ3v) is 5.11. The van der Waals surface area contributed by atoms with Gasteiger partial charge in [0.05, 0.1) is 16.3 Å². The van der Waals surface area contributed by atoms with Crippen molar-refractivity contribution in [2.24, 2.45) is 5.10 Å². The van der Waals surface area contributed by atoms with Crippen LogP contribution in [-0.2, 0) is 13.0 Å². The van der Waals surface area contributed by atoms with E-state index in [4.69, 9.17) is 4.42 Å². The number of anilines is 1. The van der Waals surface area contributed by atoms with E-state index >= 15 is 0 Å². The highest BCUT2D eigenvalue weighted by Crippen LogP contribution is 2.30. The number of fused-ring (bicyclic) bond motifs is 1. The number of carbonyl (C=O) groups is 1. The minimum atomic E-state index is -0.446. The molecule has 1 aromatic carbocycles. The second kappa shape index (κ2) is 8.78. The van der Waals surface area contributed by atoms with Crippen LogP contribution in [0.3, 0.4) is 0 Å². The van der Waals surface area contributed by atoms with Crippen LogP contribution in [0.4, 0.5) is 11.4 Å². The number of carbonyl (C=O) groups excluding carboxylic acids is 1. The van der Waals surface area contributed by atoms with Crippen molar-refractivity contribution in [3.8, 4) is 0 Å². The van der Waals surface area contributed by atoms with Gasteiger partial charge in [-0.25, -0.2) is 0 Å². The zero-order chi connectivity index (χ0) is 21.8. The molecule has 31 heavy (non-hydrogen) atoms. The number of hydrazone groups is 1. The molecule has 0 radical (unpaired) electrons. The first-order valence-corrected chi connectivity index (χ1v) is 9.89. The van der Waals surface area contributed by atoms with E-state index in [0.717, 1.165) is 47.4 Å². The zero-order valence-corrected chi connectivity index (χ0v) is 16.9. The molecular weight excluding hydrogens is 398 g/mol. The van der Waals surface area contributed by atoms with Crippen molar-refractivity contribution in [2.45, 2.75) is 32.7 Å². The first-order chi connectivity index (χ1) is 15.0. The van der Waals surface area contributed by atoms with Gasteiger partial charge in [0.2, 0.25) is 0 Å². The lowest BCUT2D eigenvalue weighted by Gasteiger charge is -2.13. The fraction of sp³-hybridized carbons (Fsp3) is 0.227. The monoisotopic (exact) mass is 419 g/mol. The Hall–Kier alpha value is -4.01. The van der Waals surface area contributed by atoms with Gasteiger partial charge < -0.3 is 9.73 Å². The lowest BCUT2D eigenvalue weighted by Crippen LogP contribution is -2.23. The van der Waals surface area contributed by atoms with Gasteiger partial charge in [-0.2, -0.15) is 5.10 Å². The van der Waals surface area contributed by atoms with Crippen LogP contribution in [0.1, 0.15) is 45.8 Å². The predicted molar refractivity (Wildman–Crippen MR) is 115 cm³/mol. The van der Waals surface area contributed by atoms with E-state index in [1.165, 1.54) is 12.1 Å². The summed E-state index contributed by atoms with van der Waals surface area (Å²) in [4.78, 5) is 27.1. The smallest absolute Gasteiger partial charge is 0.287 e. The molecule has 1 aliphatic carbocycles. The third-order valence-electron chi connectivity index (χ3n) is 5.11. The number of nitrogens with one attached hydrogen (secondary N) is 2. The highest BCUT2D eigenvalue weighted by molar-refractivity contribution is 6.06. The van der Waals surface area contributed by atoms with E-state index in [-0.39, 0.29) is 11.6 Å². The number of non-ortho nitro benzene ring substituents is 1. The first kappa shape index (κ1) is 20.3. The van der Waals surface area contributed by atoms with E-state index in [1.807, 2.05) is 19.1 Å². The Morgan fingerprint density at radius 2 is 2.06 bits per heavy atom. The lowest BCUT2D eigenvalue weighted by molar-refractivity contribution is -0.384. The normalized spacial score (nSPS) is 14.2. The molecule has 4 rings (SSSR count). The molecule has 9 heteroatoms. The topological polar surface area (TPSA) is 123 Å². The highest BCUT2D eigenvalue weighted by Gasteiger charge is 2.27. The van der Waals surface area contributed by atoms with Gasteiger partial charge in [-0.05, 0) is 43.5 Å². The predicted octanol–water partition coefficient (Wildman–Crippen LogP) is 3.97. The Bertz CT molecular complexity index is 1140. The Kier molecular flexibility index (Phi) is 5.74. The largest absolute Gasteiger partial charge is 0.455 e. The summed E-state index contributed by atoms with van der Waals surface area (Å²) >= 11 is 0. The van der Waals surface area contributed by atoms with E-state index in [9.17, 15) is 14.9 Å². The van der Waals surface area contributed by atoms with Gasteiger partial charge in [-0.3, -0.25) is 25.3 Å². The standard InChI is InChI=1S/C22H21N5O4/c1-14-20-18(26-25-16-7-9-17(10-8-16)27(29)30)5-2-6-19(20)31-21(14)22(28)24-13-15-4-3-11-23-12-15/h3-4,7-12,25H,2,5-6,13H2,1H3,(H,24,28)/b26-18+. The van der Waals surface area contributed by atoms with Crippen LogP contribution in [0.2, 0.25) is 0 Å². The summed E-state index contributed by atoms with van der Waals surface area (Å²) in [7, 11) is 0. The number of rotatable bonds is 6. The number of aryl methyl sites for hydroxylation is 1. The maximum Gasteiger partial charge on any atom is 0.287 e. The Morgan fingerprint density at radius 3 is 2.77 bits per heavy atom. The molecule has 0 bridgehead atoms. The first-order valence-electron chi connectivity index (χ1n) is 9.89. The van der Waals surface area contributed by atoms with E-state index < -0.39 is 4.92 Å². The van der Waals surface area contributed by atoms with Gasteiger partial charge in [0.25, 0.3) is 11.6 Å². The van der Waals surface area contributed by atoms with Crippen LogP contribution in [0.5, 0.6) is 0 Å². The molecule has 0 spiro atoms. The molecule has 1 amide bonds. The summed E-state index contributed by atoms with van der Waals surface area (Å²) < 4.78 is 5.90. The summed E-state index contributed by atoms with van der Waals surface area (Å²) in [5.74, 6) is 0.761. The van der Waals surface area contributed by atoms with E-state index in [1.54, 1.807) is 24.5 Å². The van der Waals surface area contributed by atoms with Crippen molar-refractivity contribution in [1.29, 1.82) is 0 Å². The molecule has 2 heterocycles. The van der Waals surface area contributed by atoms with Gasteiger partial charge in [0.1, 0.15) is 5.76 Å². The van der Waals surface area contributed by atoms with Crippen LogP contribution in [0.15, 0.2) is 58.3 Å². The van der Waals surface area contributed by atoms with Crippen molar-refractivity contribution < 1.29 is 14.1 Å². The summed E-state index contributed by atoms with van der Waals surface area (Å²) in [6, 6.07) is 9.75. The SMILES string of the molecule is Cc1c(C(=O)NCc2cccnc2)oc2c1/C(=N/Nc1ccc([N+](=O)[O-])cc1)CCC2. The molecule has 9 nitrogen and oxygen atoms in total. The van der Waals surface area contributed by atoms with Gasteiger partial charge in [-0.1, -0.05) is 6.07 Å². The van der Waals surface area contributed by atoms with Crippen molar-refractivity contribution in [1.82, 2.24) is 10.3 Å². The highest BCUT2D eigenvalue weighted by atomic mass is 16.6. The molecule has 0 atom stereocenters. The number of nitro groups is 1. The molecular formula is C22H21N5O4. The molecule has 3 aromatic rings. The molecule has 0 aliphatic heterocycles. The summed E-state index contributed by atoms with van der Waals surface area (Å²) in [6.45, 7) is 2.22. The van der Waals surface area contributed by atoms with Crippen LogP contribution < -0.4 is 10.7 Å². The van der Waals surface area contributed by atoms with Gasteiger partial charge in [0, 0.05) is 48.6 Å². The quantitative estimate of drug-likeness (QED) is 0.460. The molecule has 0 fully saturated rings. The van der Waals surface area contributed by atoms with Crippen molar-refractivity contribution in [3.63, 3.8) is 0 Å². The molecule has 0 unspecified atom stereocenters. The van der Waals surface area contributed by atoms with E-state index in [2.05, 4.69) is 20.8 Å². The molecule has 0 saturated heterocycles. The van der Waals surface area contributed by atoms with E-state index in [0.29, 0.717) is 18.0 Å². The minimum absolute atomic E-state index is 0.0192. The lowest BCUT2D eigenvalue weighted by atomic mass is 9.93. The van der Waals surface area contributed by atoms with Crippen molar-refractivity contribution >= 4 is 23.0 Å². The molecule has 0 saturated carbocycles. The average Bonchev–Trinajstić information content (AvgIpc) is 3.14. The Morgan fingerprint density at radius 1 is 1.26 bits per heavy atom. The Labute approximate surface area is 178 Å². The average molecular weight is 419 g/mol. The second-order valence-corrected chi connectivity index (χ2v) is 7.23. The fourth-order valence-corrected chi connectivity index (χ4v) is 3.55. The number of nitrogens with zero attached hydrogens (tertiary/aromatic N) is 3. The van der Waals surface area contributed by atoms with Gasteiger partial charge >= 0.3 is 0 Å². The molecule has 2 aromatic heterocycles. The van der Waals surface area contributed by atoms with Crippen molar-refractivity contribution in [3.05, 3.63) is 87.1 Å². The van der Waals surface area contributed by atoms with Crippen LogP contribution in [-0.4, -0.2) is 21.5 Å². The fourth-order valence-electron chi connectivity index (χ4n) is 3.55. The number of hydrogen-bond donors (Lipinski definition) is 2.